The van der Waals surface area contributed by atoms with Crippen molar-refractivity contribution in [3.8, 4) is 0 Å². The zero-order valence-corrected chi connectivity index (χ0v) is 9.62. The van der Waals surface area contributed by atoms with E-state index in [4.69, 9.17) is 21.8 Å². The van der Waals surface area contributed by atoms with Gasteiger partial charge in [0, 0.05) is 5.02 Å². The fourth-order valence-electron chi connectivity index (χ4n) is 1.10. The fraction of sp³-hybridized carbons (Fsp3) is 0.222. The largest absolute Gasteiger partial charge is 0.478 e. The van der Waals surface area contributed by atoms with Crippen molar-refractivity contribution >= 4 is 27.4 Å². The second-order valence-electron chi connectivity index (χ2n) is 3.02. The SMILES string of the molecule is O=C(O)c1cc(Cl)cc(S(=O)(=O)CCO)c1. The van der Waals surface area contributed by atoms with Crippen LogP contribution >= 0.6 is 11.6 Å². The molecule has 1 rings (SSSR count). The molecule has 0 heterocycles. The molecule has 0 aliphatic carbocycles. The van der Waals surface area contributed by atoms with Gasteiger partial charge in [-0.15, -0.1) is 0 Å². The lowest BCUT2D eigenvalue weighted by Gasteiger charge is -2.04. The van der Waals surface area contributed by atoms with Gasteiger partial charge in [0.05, 0.1) is 22.8 Å². The van der Waals surface area contributed by atoms with Crippen LogP contribution < -0.4 is 0 Å². The Morgan fingerprint density at radius 2 is 1.94 bits per heavy atom. The van der Waals surface area contributed by atoms with Crippen molar-refractivity contribution in [1.82, 2.24) is 0 Å². The maximum absolute atomic E-state index is 11.5. The smallest absolute Gasteiger partial charge is 0.335 e. The molecule has 0 aliphatic heterocycles. The van der Waals surface area contributed by atoms with Gasteiger partial charge in [-0.25, -0.2) is 13.2 Å². The molecule has 0 amide bonds. The van der Waals surface area contributed by atoms with Crippen LogP contribution in [0.15, 0.2) is 23.1 Å². The summed E-state index contributed by atoms with van der Waals surface area (Å²) < 4.78 is 23.1. The minimum atomic E-state index is -3.69. The first kappa shape index (κ1) is 13.0. The molecule has 0 bridgehead atoms. The summed E-state index contributed by atoms with van der Waals surface area (Å²) in [5, 5.41) is 17.3. The molecule has 0 radical (unpaired) electrons. The normalized spacial score (nSPS) is 11.4. The average molecular weight is 265 g/mol. The molecule has 0 aromatic heterocycles. The quantitative estimate of drug-likeness (QED) is 0.839. The number of hydrogen-bond donors (Lipinski definition) is 2. The van der Waals surface area contributed by atoms with E-state index in [1.807, 2.05) is 0 Å². The lowest BCUT2D eigenvalue weighted by Crippen LogP contribution is -2.11. The number of sulfone groups is 1. The van der Waals surface area contributed by atoms with Crippen molar-refractivity contribution < 1.29 is 23.4 Å². The third-order valence-electron chi connectivity index (χ3n) is 1.84. The summed E-state index contributed by atoms with van der Waals surface area (Å²) in [6.45, 7) is -0.531. The number of benzene rings is 1. The highest BCUT2D eigenvalue weighted by molar-refractivity contribution is 7.91. The van der Waals surface area contributed by atoms with E-state index in [2.05, 4.69) is 0 Å². The topological polar surface area (TPSA) is 91.7 Å². The molecule has 7 heteroatoms. The molecule has 0 spiro atoms. The number of carboxylic acid groups (broad SMARTS) is 1. The zero-order valence-electron chi connectivity index (χ0n) is 8.05. The molecule has 0 saturated heterocycles. The van der Waals surface area contributed by atoms with E-state index >= 15 is 0 Å². The number of halogens is 1. The Kier molecular flexibility index (Phi) is 3.90. The van der Waals surface area contributed by atoms with Gasteiger partial charge in [0.15, 0.2) is 9.84 Å². The fourth-order valence-corrected chi connectivity index (χ4v) is 2.49. The molecule has 0 atom stereocenters. The van der Waals surface area contributed by atoms with Gasteiger partial charge in [0.2, 0.25) is 0 Å². The highest BCUT2D eigenvalue weighted by Crippen LogP contribution is 2.20. The first-order valence-electron chi connectivity index (χ1n) is 4.24. The van der Waals surface area contributed by atoms with Crippen molar-refractivity contribution in [1.29, 1.82) is 0 Å². The van der Waals surface area contributed by atoms with Crippen LogP contribution in [0.3, 0.4) is 0 Å². The molecule has 2 N–H and O–H groups in total. The Morgan fingerprint density at radius 1 is 1.31 bits per heavy atom. The Bertz CT molecular complexity index is 509. The summed E-state index contributed by atoms with van der Waals surface area (Å²) in [5.41, 5.74) is -0.205. The summed E-state index contributed by atoms with van der Waals surface area (Å²) in [7, 11) is -3.69. The van der Waals surface area contributed by atoms with E-state index in [0.29, 0.717) is 0 Å². The Labute approximate surface area is 97.2 Å². The van der Waals surface area contributed by atoms with Crippen molar-refractivity contribution in [2.24, 2.45) is 0 Å². The maximum atomic E-state index is 11.5. The summed E-state index contributed by atoms with van der Waals surface area (Å²) in [6, 6.07) is 3.32. The monoisotopic (exact) mass is 264 g/mol. The Balaban J connectivity index is 3.30. The van der Waals surface area contributed by atoms with Crippen LogP contribution in [0, 0.1) is 0 Å². The first-order valence-corrected chi connectivity index (χ1v) is 6.27. The number of hydrogen-bond acceptors (Lipinski definition) is 4. The van der Waals surface area contributed by atoms with E-state index in [1.165, 1.54) is 0 Å². The summed E-state index contributed by atoms with van der Waals surface area (Å²) in [4.78, 5) is 10.5. The van der Waals surface area contributed by atoms with Crippen molar-refractivity contribution in [2.75, 3.05) is 12.4 Å². The van der Waals surface area contributed by atoms with Crippen molar-refractivity contribution in [3.63, 3.8) is 0 Å². The second-order valence-corrected chi connectivity index (χ2v) is 5.57. The highest BCUT2D eigenvalue weighted by atomic mass is 35.5. The van der Waals surface area contributed by atoms with Gasteiger partial charge in [0.1, 0.15) is 0 Å². The van der Waals surface area contributed by atoms with E-state index in [-0.39, 0.29) is 15.5 Å². The number of carboxylic acids is 1. The van der Waals surface area contributed by atoms with Crippen LogP contribution in [0.1, 0.15) is 10.4 Å². The molecule has 1 aromatic carbocycles. The Hall–Kier alpha value is -1.11. The van der Waals surface area contributed by atoms with E-state index in [9.17, 15) is 13.2 Å². The third-order valence-corrected chi connectivity index (χ3v) is 3.73. The number of aliphatic hydroxyl groups is 1. The molecule has 5 nitrogen and oxygen atoms in total. The van der Waals surface area contributed by atoms with E-state index < -0.39 is 28.2 Å². The van der Waals surface area contributed by atoms with Gasteiger partial charge in [-0.2, -0.15) is 0 Å². The highest BCUT2D eigenvalue weighted by Gasteiger charge is 2.17. The maximum Gasteiger partial charge on any atom is 0.335 e. The van der Waals surface area contributed by atoms with Crippen LogP contribution in [0.25, 0.3) is 0 Å². The molecule has 0 unspecified atom stereocenters. The van der Waals surface area contributed by atoms with E-state index in [0.717, 1.165) is 18.2 Å². The molecule has 0 saturated carbocycles. The molecular weight excluding hydrogens is 256 g/mol. The lowest BCUT2D eigenvalue weighted by molar-refractivity contribution is 0.0696. The molecule has 0 fully saturated rings. The van der Waals surface area contributed by atoms with Gasteiger partial charge >= 0.3 is 5.97 Å². The number of carbonyl (C=O) groups is 1. The first-order chi connectivity index (χ1) is 7.36. The van der Waals surface area contributed by atoms with Gasteiger partial charge in [-0.05, 0) is 18.2 Å². The van der Waals surface area contributed by atoms with Crippen molar-refractivity contribution in [3.05, 3.63) is 28.8 Å². The average Bonchev–Trinajstić information content (AvgIpc) is 2.16. The van der Waals surface area contributed by atoms with Gasteiger partial charge in [0.25, 0.3) is 0 Å². The molecule has 1 aromatic rings. The van der Waals surface area contributed by atoms with Gasteiger partial charge in [-0.3, -0.25) is 0 Å². The standard InChI is InChI=1S/C9H9ClO5S/c10-7-3-6(9(12)13)4-8(5-7)16(14,15)2-1-11/h3-5,11H,1-2H2,(H,12,13). The molecular formula is C9H9ClO5S. The summed E-state index contributed by atoms with van der Waals surface area (Å²) in [6.07, 6.45) is 0. The number of aliphatic hydroxyl groups excluding tert-OH is 1. The van der Waals surface area contributed by atoms with Crippen LogP contribution in [0.2, 0.25) is 5.02 Å². The second kappa shape index (κ2) is 4.82. The van der Waals surface area contributed by atoms with Crippen LogP contribution in [-0.2, 0) is 9.84 Å². The number of rotatable bonds is 4. The molecule has 16 heavy (non-hydrogen) atoms. The predicted molar refractivity (Wildman–Crippen MR) is 57.5 cm³/mol. The zero-order chi connectivity index (χ0) is 12.3. The van der Waals surface area contributed by atoms with Crippen LogP contribution in [-0.4, -0.2) is 37.0 Å². The Morgan fingerprint density at radius 3 is 2.44 bits per heavy atom. The third kappa shape index (κ3) is 2.94. The van der Waals surface area contributed by atoms with Crippen LogP contribution in [0.4, 0.5) is 0 Å². The predicted octanol–water partition coefficient (Wildman–Crippen LogP) is 0.804. The minimum absolute atomic E-state index is 0.0245. The van der Waals surface area contributed by atoms with Gasteiger partial charge < -0.3 is 10.2 Å². The molecule has 88 valence electrons. The lowest BCUT2D eigenvalue weighted by atomic mass is 10.2. The van der Waals surface area contributed by atoms with Crippen LogP contribution in [0.5, 0.6) is 0 Å². The molecule has 0 aliphatic rings. The summed E-state index contributed by atoms with van der Waals surface area (Å²) >= 11 is 5.61. The minimum Gasteiger partial charge on any atom is -0.478 e. The van der Waals surface area contributed by atoms with E-state index in [1.54, 1.807) is 0 Å². The van der Waals surface area contributed by atoms with Gasteiger partial charge in [-0.1, -0.05) is 11.6 Å². The van der Waals surface area contributed by atoms with Crippen molar-refractivity contribution in [2.45, 2.75) is 4.90 Å². The summed E-state index contributed by atoms with van der Waals surface area (Å²) in [5.74, 6) is -1.73. The number of aromatic carboxylic acids is 1.